The van der Waals surface area contributed by atoms with Crippen LogP contribution < -0.4 is 14.4 Å². The van der Waals surface area contributed by atoms with Crippen molar-refractivity contribution in [1.82, 2.24) is 0 Å². The highest BCUT2D eigenvalue weighted by molar-refractivity contribution is 7.92. The van der Waals surface area contributed by atoms with Gasteiger partial charge in [0.2, 0.25) is 0 Å². The van der Waals surface area contributed by atoms with E-state index in [2.05, 4.69) is 9.62 Å². The lowest BCUT2D eigenvalue weighted by Gasteiger charge is -2.31. The van der Waals surface area contributed by atoms with Crippen LogP contribution in [0.4, 0.5) is 11.4 Å². The number of sulfonamides is 1. The van der Waals surface area contributed by atoms with Crippen molar-refractivity contribution < 1.29 is 23.1 Å². The van der Waals surface area contributed by atoms with Gasteiger partial charge in [0.1, 0.15) is 10.6 Å². The number of nitrogens with zero attached hydrogens (tertiary/aromatic N) is 1. The van der Waals surface area contributed by atoms with Gasteiger partial charge in [0.05, 0.1) is 24.0 Å². The fourth-order valence-corrected chi connectivity index (χ4v) is 4.62. The number of benzene rings is 2. The van der Waals surface area contributed by atoms with E-state index in [0.717, 1.165) is 43.2 Å². The first-order valence-electron chi connectivity index (χ1n) is 9.11. The SMILES string of the molecule is COc1ccc(C(=O)O)cc1S(=O)(=O)Nc1cc(C)ccc1N1CCCCC1. The van der Waals surface area contributed by atoms with Gasteiger partial charge in [-0.2, -0.15) is 0 Å². The molecule has 1 fully saturated rings. The lowest BCUT2D eigenvalue weighted by molar-refractivity contribution is 0.0696. The predicted molar refractivity (Wildman–Crippen MR) is 108 cm³/mol. The minimum Gasteiger partial charge on any atom is -0.495 e. The number of nitrogens with one attached hydrogen (secondary N) is 1. The Morgan fingerprint density at radius 1 is 1.11 bits per heavy atom. The molecular formula is C20H24N2O5S. The summed E-state index contributed by atoms with van der Waals surface area (Å²) in [4.78, 5) is 13.2. The van der Waals surface area contributed by atoms with Crippen molar-refractivity contribution in [3.63, 3.8) is 0 Å². The van der Waals surface area contributed by atoms with Crippen LogP contribution in [-0.2, 0) is 10.0 Å². The molecule has 1 aliphatic heterocycles. The van der Waals surface area contributed by atoms with E-state index in [1.165, 1.54) is 25.7 Å². The number of aromatic carboxylic acids is 1. The molecule has 1 saturated heterocycles. The number of hydrogen-bond acceptors (Lipinski definition) is 5. The summed E-state index contributed by atoms with van der Waals surface area (Å²) in [6.45, 7) is 3.63. The smallest absolute Gasteiger partial charge is 0.335 e. The van der Waals surface area contributed by atoms with Crippen LogP contribution in [0.1, 0.15) is 35.2 Å². The third-order valence-electron chi connectivity index (χ3n) is 4.79. The Labute approximate surface area is 165 Å². The van der Waals surface area contributed by atoms with Crippen LogP contribution in [-0.4, -0.2) is 39.7 Å². The van der Waals surface area contributed by atoms with Crippen LogP contribution in [0.3, 0.4) is 0 Å². The molecule has 2 aromatic rings. The van der Waals surface area contributed by atoms with Crippen molar-refractivity contribution in [3.05, 3.63) is 47.5 Å². The number of anilines is 2. The van der Waals surface area contributed by atoms with E-state index in [4.69, 9.17) is 4.74 Å². The molecule has 0 radical (unpaired) electrons. The number of carbonyl (C=O) groups is 1. The van der Waals surface area contributed by atoms with E-state index >= 15 is 0 Å². The topological polar surface area (TPSA) is 95.9 Å². The number of hydrogen-bond donors (Lipinski definition) is 2. The van der Waals surface area contributed by atoms with Crippen molar-refractivity contribution in [1.29, 1.82) is 0 Å². The van der Waals surface area contributed by atoms with Crippen LogP contribution in [0.15, 0.2) is 41.3 Å². The molecule has 0 spiro atoms. The minimum atomic E-state index is -4.06. The van der Waals surface area contributed by atoms with Gasteiger partial charge in [-0.25, -0.2) is 13.2 Å². The second-order valence-electron chi connectivity index (χ2n) is 6.84. The van der Waals surface area contributed by atoms with E-state index in [1.54, 1.807) is 6.07 Å². The molecule has 3 rings (SSSR count). The Morgan fingerprint density at radius 3 is 2.46 bits per heavy atom. The molecule has 0 atom stereocenters. The molecule has 0 amide bonds. The van der Waals surface area contributed by atoms with E-state index < -0.39 is 16.0 Å². The first-order valence-corrected chi connectivity index (χ1v) is 10.6. The molecule has 2 aromatic carbocycles. The van der Waals surface area contributed by atoms with Crippen molar-refractivity contribution in [2.75, 3.05) is 29.8 Å². The predicted octanol–water partition coefficient (Wildman–Crippen LogP) is 3.49. The van der Waals surface area contributed by atoms with Crippen molar-refractivity contribution in [2.45, 2.75) is 31.1 Å². The standard InChI is InChI=1S/C20H24N2O5S/c1-14-6-8-17(22-10-4-3-5-11-22)16(12-14)21-28(25,26)19-13-15(20(23)24)7-9-18(19)27-2/h6-9,12-13,21H,3-5,10-11H2,1-2H3,(H,23,24). The number of rotatable bonds is 6. The highest BCUT2D eigenvalue weighted by Gasteiger charge is 2.24. The number of aryl methyl sites for hydroxylation is 1. The lowest BCUT2D eigenvalue weighted by atomic mass is 10.1. The summed E-state index contributed by atoms with van der Waals surface area (Å²) in [6, 6.07) is 9.43. The molecule has 7 nitrogen and oxygen atoms in total. The summed E-state index contributed by atoms with van der Waals surface area (Å²) in [6.07, 6.45) is 3.30. The lowest BCUT2D eigenvalue weighted by Crippen LogP contribution is -2.30. The van der Waals surface area contributed by atoms with Crippen LogP contribution in [0.5, 0.6) is 5.75 Å². The zero-order chi connectivity index (χ0) is 20.3. The summed E-state index contributed by atoms with van der Waals surface area (Å²) >= 11 is 0. The van der Waals surface area contributed by atoms with Gasteiger partial charge in [0.25, 0.3) is 10.0 Å². The maximum atomic E-state index is 13.1. The quantitative estimate of drug-likeness (QED) is 0.765. The first-order chi connectivity index (χ1) is 13.3. The van der Waals surface area contributed by atoms with Crippen LogP contribution in [0, 0.1) is 6.92 Å². The number of carboxylic acid groups (broad SMARTS) is 1. The molecule has 1 aliphatic rings. The fourth-order valence-electron chi connectivity index (χ4n) is 3.36. The molecule has 0 aromatic heterocycles. The normalized spacial score (nSPS) is 14.6. The first kappa shape index (κ1) is 20.0. The fraction of sp³-hybridized carbons (Fsp3) is 0.350. The van der Waals surface area contributed by atoms with E-state index in [9.17, 15) is 18.3 Å². The molecule has 1 heterocycles. The molecule has 0 aliphatic carbocycles. The van der Waals surface area contributed by atoms with Gasteiger partial charge in [-0.05, 0) is 62.1 Å². The van der Waals surface area contributed by atoms with Gasteiger partial charge < -0.3 is 14.7 Å². The second kappa shape index (κ2) is 8.10. The molecule has 0 saturated carbocycles. The van der Waals surface area contributed by atoms with Crippen LogP contribution in [0.2, 0.25) is 0 Å². The third-order valence-corrected chi connectivity index (χ3v) is 6.18. The molecule has 150 valence electrons. The Balaban J connectivity index is 2.02. The average molecular weight is 404 g/mol. The Hall–Kier alpha value is -2.74. The van der Waals surface area contributed by atoms with Crippen molar-refractivity contribution >= 4 is 27.4 Å². The highest BCUT2D eigenvalue weighted by Crippen LogP contribution is 2.33. The average Bonchev–Trinajstić information content (AvgIpc) is 2.68. The van der Waals surface area contributed by atoms with Gasteiger partial charge in [-0.3, -0.25) is 4.72 Å². The van der Waals surface area contributed by atoms with E-state index in [-0.39, 0.29) is 16.2 Å². The van der Waals surface area contributed by atoms with Crippen LogP contribution >= 0.6 is 0 Å². The number of carboxylic acids is 1. The summed E-state index contributed by atoms with van der Waals surface area (Å²) in [5.41, 5.74) is 2.10. The number of methoxy groups -OCH3 is 1. The molecule has 8 heteroatoms. The second-order valence-corrected chi connectivity index (χ2v) is 8.50. The summed E-state index contributed by atoms with van der Waals surface area (Å²) < 4.78 is 34.0. The molecular weight excluding hydrogens is 380 g/mol. The summed E-state index contributed by atoms with van der Waals surface area (Å²) in [5.74, 6) is -1.12. The van der Waals surface area contributed by atoms with Gasteiger partial charge in [-0.15, -0.1) is 0 Å². The largest absolute Gasteiger partial charge is 0.495 e. The molecule has 28 heavy (non-hydrogen) atoms. The Bertz CT molecular complexity index is 982. The molecule has 0 bridgehead atoms. The maximum Gasteiger partial charge on any atom is 0.335 e. The van der Waals surface area contributed by atoms with Gasteiger partial charge in [0.15, 0.2) is 0 Å². The van der Waals surface area contributed by atoms with Gasteiger partial charge in [0, 0.05) is 13.1 Å². The van der Waals surface area contributed by atoms with Crippen LogP contribution in [0.25, 0.3) is 0 Å². The Morgan fingerprint density at radius 2 is 1.82 bits per heavy atom. The monoisotopic (exact) mass is 404 g/mol. The van der Waals surface area contributed by atoms with Crippen molar-refractivity contribution in [3.8, 4) is 5.75 Å². The molecule has 2 N–H and O–H groups in total. The van der Waals surface area contributed by atoms with Gasteiger partial charge >= 0.3 is 5.97 Å². The number of piperidine rings is 1. The maximum absolute atomic E-state index is 13.1. The van der Waals surface area contributed by atoms with E-state index in [1.807, 2.05) is 19.1 Å². The van der Waals surface area contributed by atoms with Crippen molar-refractivity contribution in [2.24, 2.45) is 0 Å². The summed E-state index contributed by atoms with van der Waals surface area (Å²) in [5, 5.41) is 9.22. The number of ether oxygens (including phenoxy) is 1. The molecule has 0 unspecified atom stereocenters. The Kier molecular flexibility index (Phi) is 5.79. The van der Waals surface area contributed by atoms with E-state index in [0.29, 0.717) is 5.69 Å². The zero-order valence-electron chi connectivity index (χ0n) is 15.9. The minimum absolute atomic E-state index is 0.0877. The van der Waals surface area contributed by atoms with Gasteiger partial charge in [-0.1, -0.05) is 6.07 Å². The zero-order valence-corrected chi connectivity index (χ0v) is 16.8. The highest BCUT2D eigenvalue weighted by atomic mass is 32.2. The third kappa shape index (κ3) is 4.22. The summed E-state index contributed by atoms with van der Waals surface area (Å²) in [7, 11) is -2.71.